The van der Waals surface area contributed by atoms with Crippen LogP contribution in [0, 0.1) is 11.3 Å². The Hall–Kier alpha value is -4.79. The highest BCUT2D eigenvalue weighted by Gasteiger charge is 2.62. The van der Waals surface area contributed by atoms with Gasteiger partial charge in [-0.25, -0.2) is 0 Å². The van der Waals surface area contributed by atoms with E-state index in [2.05, 4.69) is 4.98 Å². The van der Waals surface area contributed by atoms with E-state index in [0.29, 0.717) is 21.4 Å². The first-order valence-corrected chi connectivity index (χ1v) is 12.8. The van der Waals surface area contributed by atoms with Gasteiger partial charge in [-0.3, -0.25) is 9.59 Å². The van der Waals surface area contributed by atoms with Gasteiger partial charge in [-0.15, -0.1) is 0 Å². The van der Waals surface area contributed by atoms with Crippen molar-refractivity contribution in [1.29, 1.82) is 5.26 Å². The summed E-state index contributed by atoms with van der Waals surface area (Å²) in [5.41, 5.74) is 0.460. The molecule has 1 fully saturated rings. The number of piperazine rings is 1. The maximum atomic E-state index is 15.0. The molecule has 0 aliphatic carbocycles. The molecule has 0 saturated carbocycles. The average Bonchev–Trinajstić information content (AvgIpc) is 3.38. The van der Waals surface area contributed by atoms with Crippen LogP contribution in [0.1, 0.15) is 31.8 Å². The van der Waals surface area contributed by atoms with Crippen molar-refractivity contribution in [3.63, 3.8) is 0 Å². The van der Waals surface area contributed by atoms with E-state index in [4.69, 9.17) is 5.26 Å². The summed E-state index contributed by atoms with van der Waals surface area (Å²) in [5.74, 6) is -2.53. The number of alkyl halides is 6. The summed E-state index contributed by atoms with van der Waals surface area (Å²) in [5, 5.41) is 9.57. The van der Waals surface area contributed by atoms with Gasteiger partial charge in [-0.2, -0.15) is 31.6 Å². The summed E-state index contributed by atoms with van der Waals surface area (Å²) in [4.78, 5) is 30.5. The highest BCUT2D eigenvalue weighted by Crippen LogP contribution is 2.42. The minimum absolute atomic E-state index is 0.0711. The third-order valence-electron chi connectivity index (χ3n) is 7.36. The number of hydrogen-bond acceptors (Lipinski definition) is 3. The van der Waals surface area contributed by atoms with Crippen LogP contribution in [0.4, 0.5) is 26.3 Å². The van der Waals surface area contributed by atoms with Crippen molar-refractivity contribution in [2.24, 2.45) is 0 Å². The number of nitrogens with zero attached hydrogens (tertiary/aromatic N) is 3. The second-order valence-electron chi connectivity index (χ2n) is 9.90. The molecule has 2 unspecified atom stereocenters. The van der Waals surface area contributed by atoms with Crippen molar-refractivity contribution >= 4 is 22.7 Å². The van der Waals surface area contributed by atoms with E-state index in [9.17, 15) is 22.8 Å². The zero-order chi connectivity index (χ0) is 30.2. The average molecular weight is 585 g/mol. The molecular weight excluding hydrogens is 562 g/mol. The number of amides is 2. The van der Waals surface area contributed by atoms with Gasteiger partial charge < -0.3 is 14.8 Å². The molecule has 6 nitrogen and oxygen atoms in total. The number of nitriles is 1. The summed E-state index contributed by atoms with van der Waals surface area (Å²) >= 11 is 0. The lowest BCUT2D eigenvalue weighted by Gasteiger charge is -2.52. The number of nitrogens with one attached hydrogen (secondary N) is 1. The first-order chi connectivity index (χ1) is 19.9. The van der Waals surface area contributed by atoms with E-state index >= 15 is 13.2 Å². The van der Waals surface area contributed by atoms with E-state index < -0.39 is 60.8 Å². The molecule has 1 aliphatic heterocycles. The topological polar surface area (TPSA) is 80.2 Å². The third kappa shape index (κ3) is 5.42. The van der Waals surface area contributed by atoms with Gasteiger partial charge in [0.2, 0.25) is 0 Å². The molecule has 3 aromatic carbocycles. The zero-order valence-corrected chi connectivity index (χ0v) is 21.7. The van der Waals surface area contributed by atoms with Crippen LogP contribution in [0.25, 0.3) is 10.9 Å². The van der Waals surface area contributed by atoms with Crippen LogP contribution in [0.5, 0.6) is 0 Å². The number of carbonyl (C=O) groups is 2. The van der Waals surface area contributed by atoms with E-state index in [0.717, 1.165) is 24.3 Å². The summed E-state index contributed by atoms with van der Waals surface area (Å²) in [6.45, 7) is -1.21. The number of para-hydroxylation sites is 1. The standard InChI is InChI=1S/C30H22F6N4O2/c31-29(32,33)25-17-39(27(41)19-6-2-1-3-7-19)24(14-21-16-38-23-9-5-4-8-22(21)23)26(30(34,35)36)40(25)28(42)20-12-10-18(15-37)11-13-20/h1-13,16,24-26,38H,14,17H2/t24-,25?,26?/m1/s1. The van der Waals surface area contributed by atoms with Crippen LogP contribution in [-0.2, 0) is 6.42 Å². The van der Waals surface area contributed by atoms with Crippen molar-refractivity contribution < 1.29 is 35.9 Å². The maximum absolute atomic E-state index is 15.0. The molecule has 2 heterocycles. The third-order valence-corrected chi connectivity index (χ3v) is 7.36. The SMILES string of the molecule is N#Cc1ccc(C(=O)N2C(C(F)(F)F)CN(C(=O)c3ccccc3)[C@H](Cc3c[nH]c4ccccc34)C2C(F)(F)F)cc1. The fourth-order valence-corrected chi connectivity index (χ4v) is 5.43. The zero-order valence-electron chi connectivity index (χ0n) is 21.7. The van der Waals surface area contributed by atoms with Crippen molar-refractivity contribution in [1.82, 2.24) is 14.8 Å². The summed E-state index contributed by atoms with van der Waals surface area (Å²) in [7, 11) is 0. The Morgan fingerprint density at radius 1 is 0.833 bits per heavy atom. The number of halogens is 6. The van der Waals surface area contributed by atoms with Crippen LogP contribution in [0.3, 0.4) is 0 Å². The Labute approximate surface area is 235 Å². The number of aromatic amines is 1. The molecule has 0 spiro atoms. The summed E-state index contributed by atoms with van der Waals surface area (Å²) < 4.78 is 88.7. The Morgan fingerprint density at radius 3 is 2.07 bits per heavy atom. The maximum Gasteiger partial charge on any atom is 0.410 e. The summed E-state index contributed by atoms with van der Waals surface area (Å²) in [6.07, 6.45) is -9.72. The number of aromatic nitrogens is 1. The van der Waals surface area contributed by atoms with Gasteiger partial charge in [0.1, 0.15) is 12.1 Å². The highest BCUT2D eigenvalue weighted by atomic mass is 19.4. The largest absolute Gasteiger partial charge is 0.410 e. The van der Waals surface area contributed by atoms with Gasteiger partial charge in [0.05, 0.1) is 24.2 Å². The lowest BCUT2D eigenvalue weighted by molar-refractivity contribution is -0.248. The van der Waals surface area contributed by atoms with Crippen LogP contribution < -0.4 is 0 Å². The fourth-order valence-electron chi connectivity index (χ4n) is 5.43. The van der Waals surface area contributed by atoms with Gasteiger partial charge in [0, 0.05) is 28.2 Å². The molecule has 1 aromatic heterocycles. The minimum atomic E-state index is -5.36. The van der Waals surface area contributed by atoms with Crippen molar-refractivity contribution in [3.05, 3.63) is 107 Å². The van der Waals surface area contributed by atoms with Crippen molar-refractivity contribution in [2.45, 2.75) is 36.9 Å². The second kappa shape index (κ2) is 10.9. The molecule has 42 heavy (non-hydrogen) atoms. The number of H-pyrrole nitrogens is 1. The molecule has 1 N–H and O–H groups in total. The normalized spacial score (nSPS) is 19.5. The minimum Gasteiger partial charge on any atom is -0.361 e. The smallest absolute Gasteiger partial charge is 0.361 e. The Morgan fingerprint density at radius 2 is 1.45 bits per heavy atom. The van der Waals surface area contributed by atoms with Gasteiger partial charge in [-0.05, 0) is 54.4 Å². The molecular formula is C30H22F6N4O2. The molecule has 0 radical (unpaired) electrons. The predicted octanol–water partition coefficient (Wildman–Crippen LogP) is 6.11. The van der Waals surface area contributed by atoms with E-state index in [1.165, 1.54) is 30.5 Å². The number of rotatable bonds is 4. The molecule has 216 valence electrons. The van der Waals surface area contributed by atoms with Crippen LogP contribution in [0.2, 0.25) is 0 Å². The quantitative estimate of drug-likeness (QED) is 0.294. The van der Waals surface area contributed by atoms with Crippen LogP contribution >= 0.6 is 0 Å². The fraction of sp³-hybridized carbons (Fsp3) is 0.233. The monoisotopic (exact) mass is 584 g/mol. The molecule has 5 rings (SSSR count). The Kier molecular flexibility index (Phi) is 7.45. The molecule has 12 heteroatoms. The molecule has 4 aromatic rings. The lowest BCUT2D eigenvalue weighted by atomic mass is 9.89. The molecule has 0 bridgehead atoms. The number of carbonyl (C=O) groups excluding carboxylic acids is 2. The Bertz CT molecular complexity index is 1640. The number of fused-ring (bicyclic) bond motifs is 1. The van der Waals surface area contributed by atoms with Gasteiger partial charge in [0.25, 0.3) is 11.8 Å². The van der Waals surface area contributed by atoms with Crippen LogP contribution in [0.15, 0.2) is 85.1 Å². The molecule has 1 aliphatic rings. The first-order valence-electron chi connectivity index (χ1n) is 12.8. The molecule has 1 saturated heterocycles. The highest BCUT2D eigenvalue weighted by molar-refractivity contribution is 5.97. The van der Waals surface area contributed by atoms with Crippen molar-refractivity contribution in [3.8, 4) is 6.07 Å². The van der Waals surface area contributed by atoms with Gasteiger partial charge in [0.15, 0.2) is 0 Å². The van der Waals surface area contributed by atoms with Crippen molar-refractivity contribution in [2.75, 3.05) is 6.54 Å². The van der Waals surface area contributed by atoms with E-state index in [-0.39, 0.29) is 16.0 Å². The lowest BCUT2D eigenvalue weighted by Crippen LogP contribution is -2.73. The van der Waals surface area contributed by atoms with Gasteiger partial charge >= 0.3 is 12.4 Å². The second-order valence-corrected chi connectivity index (χ2v) is 9.90. The van der Waals surface area contributed by atoms with E-state index in [1.54, 1.807) is 36.4 Å². The summed E-state index contributed by atoms with van der Waals surface area (Å²) in [6, 6.07) is 12.0. The van der Waals surface area contributed by atoms with Gasteiger partial charge in [-0.1, -0.05) is 36.4 Å². The Balaban J connectivity index is 1.69. The molecule has 3 atom stereocenters. The number of hydrogen-bond donors (Lipinski definition) is 1. The first kappa shape index (κ1) is 28.7. The number of benzene rings is 3. The van der Waals surface area contributed by atoms with Crippen LogP contribution in [-0.4, -0.2) is 63.6 Å². The molecule has 2 amide bonds. The predicted molar refractivity (Wildman–Crippen MR) is 140 cm³/mol. The van der Waals surface area contributed by atoms with E-state index in [1.807, 2.05) is 0 Å².